The van der Waals surface area contributed by atoms with Gasteiger partial charge in [0.05, 0.1) is 30.7 Å². The van der Waals surface area contributed by atoms with Gasteiger partial charge in [-0.1, -0.05) is 12.2 Å². The SMILES string of the molecule is CC(COc1cc2n(c(=O)n1)CCc1cc(OCC3=CC=CCC=N3)ccc1-2)OCCO. The molecule has 8 heteroatoms. The maximum atomic E-state index is 12.5. The molecular formula is C24H27N3O5. The van der Waals surface area contributed by atoms with Crippen molar-refractivity contribution in [2.24, 2.45) is 4.99 Å². The Hall–Kier alpha value is -3.23. The van der Waals surface area contributed by atoms with Crippen molar-refractivity contribution in [3.05, 3.63) is 64.2 Å². The standard InChI is InChI=1S/C24H27N3O5/c1-17(30-12-11-28)15-32-23-14-22-21-7-6-20(31-16-19-5-3-2-4-9-25-19)13-18(21)8-10-27(22)24(29)26-23/h2-3,5-7,9,13-14,17,28H,4,8,10-12,15-16H2,1H3. The van der Waals surface area contributed by atoms with Crippen molar-refractivity contribution in [1.29, 1.82) is 0 Å². The van der Waals surface area contributed by atoms with E-state index in [1.165, 1.54) is 0 Å². The predicted octanol–water partition coefficient (Wildman–Crippen LogP) is 2.54. The van der Waals surface area contributed by atoms with Crippen LogP contribution in [0.1, 0.15) is 18.9 Å². The summed E-state index contributed by atoms with van der Waals surface area (Å²) in [7, 11) is 0. The normalized spacial score (nSPS) is 15.4. The van der Waals surface area contributed by atoms with Crippen LogP contribution in [0.25, 0.3) is 11.3 Å². The maximum Gasteiger partial charge on any atom is 0.351 e. The van der Waals surface area contributed by atoms with Crippen LogP contribution >= 0.6 is 0 Å². The zero-order valence-corrected chi connectivity index (χ0v) is 18.1. The molecule has 1 aromatic heterocycles. The lowest BCUT2D eigenvalue weighted by Crippen LogP contribution is -2.29. The van der Waals surface area contributed by atoms with Crippen molar-refractivity contribution in [2.75, 3.05) is 26.4 Å². The molecule has 1 unspecified atom stereocenters. The van der Waals surface area contributed by atoms with Crippen molar-refractivity contribution >= 4 is 6.21 Å². The van der Waals surface area contributed by atoms with Gasteiger partial charge in [-0.3, -0.25) is 9.56 Å². The summed E-state index contributed by atoms with van der Waals surface area (Å²) >= 11 is 0. The molecule has 168 valence electrons. The lowest BCUT2D eigenvalue weighted by molar-refractivity contribution is 0.0122. The van der Waals surface area contributed by atoms with E-state index in [-0.39, 0.29) is 37.5 Å². The fourth-order valence-corrected chi connectivity index (χ4v) is 3.63. The summed E-state index contributed by atoms with van der Waals surface area (Å²) in [5.74, 6) is 1.03. The molecule has 3 heterocycles. The van der Waals surface area contributed by atoms with E-state index in [4.69, 9.17) is 19.3 Å². The summed E-state index contributed by atoms with van der Waals surface area (Å²) in [6, 6.07) is 7.68. The van der Waals surface area contributed by atoms with Crippen LogP contribution in [0.3, 0.4) is 0 Å². The second kappa shape index (κ2) is 10.4. The largest absolute Gasteiger partial charge is 0.487 e. The Bertz CT molecular complexity index is 1100. The second-order valence-corrected chi connectivity index (χ2v) is 7.62. The number of ether oxygens (including phenoxy) is 3. The molecule has 4 rings (SSSR count). The summed E-state index contributed by atoms with van der Waals surface area (Å²) < 4.78 is 18.7. The third kappa shape index (κ3) is 5.33. The number of benzene rings is 1. The van der Waals surface area contributed by atoms with Crippen LogP contribution < -0.4 is 15.2 Å². The first-order chi connectivity index (χ1) is 15.6. The summed E-state index contributed by atoms with van der Waals surface area (Å²) in [6.07, 6.45) is 9.18. The zero-order chi connectivity index (χ0) is 22.3. The monoisotopic (exact) mass is 437 g/mol. The van der Waals surface area contributed by atoms with Crippen LogP contribution in [0.5, 0.6) is 11.6 Å². The molecule has 0 amide bonds. The molecule has 0 radical (unpaired) electrons. The minimum absolute atomic E-state index is 0.0485. The molecule has 2 aromatic rings. The first kappa shape index (κ1) is 22.0. The number of nitrogens with zero attached hydrogens (tertiary/aromatic N) is 3. The Labute approximate surface area is 186 Å². The third-order valence-corrected chi connectivity index (χ3v) is 5.21. The average Bonchev–Trinajstić information content (AvgIpc) is 3.08. The molecule has 8 nitrogen and oxygen atoms in total. The highest BCUT2D eigenvalue weighted by Crippen LogP contribution is 2.32. The molecule has 2 aliphatic heterocycles. The van der Waals surface area contributed by atoms with Crippen LogP contribution in [-0.4, -0.2) is 53.4 Å². The van der Waals surface area contributed by atoms with Gasteiger partial charge in [0, 0.05) is 30.8 Å². The molecule has 32 heavy (non-hydrogen) atoms. The fourth-order valence-electron chi connectivity index (χ4n) is 3.63. The Morgan fingerprint density at radius 3 is 3.03 bits per heavy atom. The van der Waals surface area contributed by atoms with E-state index in [1.807, 2.05) is 49.6 Å². The maximum absolute atomic E-state index is 12.5. The highest BCUT2D eigenvalue weighted by Gasteiger charge is 2.20. The predicted molar refractivity (Wildman–Crippen MR) is 121 cm³/mol. The van der Waals surface area contributed by atoms with Crippen molar-refractivity contribution in [3.8, 4) is 22.9 Å². The van der Waals surface area contributed by atoms with Gasteiger partial charge in [0.2, 0.25) is 5.88 Å². The van der Waals surface area contributed by atoms with Crippen molar-refractivity contribution in [2.45, 2.75) is 32.4 Å². The Morgan fingerprint density at radius 2 is 2.16 bits per heavy atom. The number of aliphatic hydroxyl groups is 1. The Morgan fingerprint density at radius 1 is 1.25 bits per heavy atom. The molecular weight excluding hydrogens is 410 g/mol. The number of aromatic nitrogens is 2. The Kier molecular flexibility index (Phi) is 7.14. The summed E-state index contributed by atoms with van der Waals surface area (Å²) in [5, 5.41) is 8.85. The van der Waals surface area contributed by atoms with Gasteiger partial charge in [-0.25, -0.2) is 4.79 Å². The van der Waals surface area contributed by atoms with E-state index in [1.54, 1.807) is 10.6 Å². The molecule has 0 saturated carbocycles. The third-order valence-electron chi connectivity index (χ3n) is 5.21. The molecule has 0 aliphatic carbocycles. The van der Waals surface area contributed by atoms with Gasteiger partial charge in [-0.15, -0.1) is 0 Å². The number of rotatable bonds is 9. The molecule has 0 saturated heterocycles. The number of allylic oxidation sites excluding steroid dienone is 3. The molecule has 2 aliphatic rings. The second-order valence-electron chi connectivity index (χ2n) is 7.62. The van der Waals surface area contributed by atoms with Crippen LogP contribution in [0.2, 0.25) is 0 Å². The van der Waals surface area contributed by atoms with Gasteiger partial charge in [0.15, 0.2) is 0 Å². The molecule has 1 atom stereocenters. The molecule has 1 aromatic carbocycles. The average molecular weight is 437 g/mol. The van der Waals surface area contributed by atoms with E-state index in [0.717, 1.165) is 41.1 Å². The highest BCUT2D eigenvalue weighted by atomic mass is 16.5. The fraction of sp³-hybridized carbons (Fsp3) is 0.375. The number of aryl methyl sites for hydroxylation is 1. The zero-order valence-electron chi connectivity index (χ0n) is 18.1. The highest BCUT2D eigenvalue weighted by molar-refractivity contribution is 5.67. The van der Waals surface area contributed by atoms with E-state index in [9.17, 15) is 4.79 Å². The Balaban J connectivity index is 1.49. The molecule has 0 spiro atoms. The van der Waals surface area contributed by atoms with Crippen LogP contribution in [0.15, 0.2) is 58.0 Å². The smallest absolute Gasteiger partial charge is 0.351 e. The lowest BCUT2D eigenvalue weighted by atomic mass is 9.97. The molecule has 0 fully saturated rings. The van der Waals surface area contributed by atoms with Crippen LogP contribution in [0, 0.1) is 0 Å². The summed E-state index contributed by atoms with van der Waals surface area (Å²) in [6.45, 7) is 3.21. The van der Waals surface area contributed by atoms with Gasteiger partial charge in [-0.2, -0.15) is 4.98 Å². The van der Waals surface area contributed by atoms with Gasteiger partial charge in [0.25, 0.3) is 0 Å². The minimum atomic E-state index is -0.335. The first-order valence-electron chi connectivity index (χ1n) is 10.8. The topological polar surface area (TPSA) is 95.2 Å². The van der Waals surface area contributed by atoms with Crippen LogP contribution in [0.4, 0.5) is 0 Å². The van der Waals surface area contributed by atoms with Gasteiger partial charge in [0.1, 0.15) is 19.0 Å². The number of hydrogen-bond acceptors (Lipinski definition) is 7. The molecule has 0 bridgehead atoms. The number of aliphatic hydroxyl groups excluding tert-OH is 1. The summed E-state index contributed by atoms with van der Waals surface area (Å²) in [4.78, 5) is 21.0. The minimum Gasteiger partial charge on any atom is -0.487 e. The number of hydrogen-bond donors (Lipinski definition) is 1. The quantitative estimate of drug-likeness (QED) is 0.648. The van der Waals surface area contributed by atoms with Crippen molar-refractivity contribution < 1.29 is 19.3 Å². The number of aliphatic imine (C=N–C) groups is 1. The van der Waals surface area contributed by atoms with E-state index in [0.29, 0.717) is 13.2 Å². The van der Waals surface area contributed by atoms with E-state index in [2.05, 4.69) is 9.98 Å². The molecule has 1 N–H and O–H groups in total. The van der Waals surface area contributed by atoms with Gasteiger partial charge < -0.3 is 19.3 Å². The number of fused-ring (bicyclic) bond motifs is 3. The van der Waals surface area contributed by atoms with Crippen molar-refractivity contribution in [3.63, 3.8) is 0 Å². The first-order valence-corrected chi connectivity index (χ1v) is 10.8. The van der Waals surface area contributed by atoms with E-state index < -0.39 is 0 Å². The van der Waals surface area contributed by atoms with Crippen LogP contribution in [-0.2, 0) is 17.7 Å². The lowest BCUT2D eigenvalue weighted by Gasteiger charge is -2.22. The van der Waals surface area contributed by atoms with Crippen molar-refractivity contribution in [1.82, 2.24) is 9.55 Å². The van der Waals surface area contributed by atoms with Gasteiger partial charge in [-0.05, 0) is 43.2 Å². The summed E-state index contributed by atoms with van der Waals surface area (Å²) in [5.41, 5.74) is 3.39. The van der Waals surface area contributed by atoms with E-state index >= 15 is 0 Å². The van der Waals surface area contributed by atoms with Gasteiger partial charge >= 0.3 is 5.69 Å².